The molecule has 0 N–H and O–H groups in total. The lowest BCUT2D eigenvalue weighted by molar-refractivity contribution is -0.385. The van der Waals surface area contributed by atoms with Crippen LogP contribution in [0.2, 0.25) is 0 Å². The average molecular weight is 266 g/mol. The molecule has 0 saturated carbocycles. The lowest BCUT2D eigenvalue weighted by Crippen LogP contribution is -2.01. The van der Waals surface area contributed by atoms with Crippen molar-refractivity contribution in [3.05, 3.63) is 51.3 Å². The van der Waals surface area contributed by atoms with Gasteiger partial charge in [-0.3, -0.25) is 10.1 Å². The summed E-state index contributed by atoms with van der Waals surface area (Å²) in [6, 6.07) is 5.15. The van der Waals surface area contributed by atoms with Gasteiger partial charge in [0.05, 0.1) is 22.2 Å². The van der Waals surface area contributed by atoms with Crippen LogP contribution in [0.3, 0.4) is 0 Å². The molecule has 0 spiro atoms. The van der Waals surface area contributed by atoms with E-state index < -0.39 is 0 Å². The first-order valence-corrected chi connectivity index (χ1v) is 5.93. The van der Waals surface area contributed by atoms with Crippen molar-refractivity contribution in [1.29, 1.82) is 0 Å². The van der Waals surface area contributed by atoms with Crippen molar-refractivity contribution in [2.75, 3.05) is 0 Å². The van der Waals surface area contributed by atoms with Gasteiger partial charge in [0.1, 0.15) is 0 Å². The van der Waals surface area contributed by atoms with Crippen molar-refractivity contribution in [1.82, 2.24) is 9.78 Å². The van der Waals surface area contributed by atoms with E-state index in [1.54, 1.807) is 29.9 Å². The third-order valence-corrected chi connectivity index (χ3v) is 3.01. The minimum Gasteiger partial charge on any atom is -0.258 e. The standard InChI is InChI=1S/C12H12ClN3O2/c1-8-6-12(16(17)18)9(2)5-11(8)15-4-3-10(7-13)14-15/h3-6H,7H2,1-2H3. The number of benzene rings is 1. The Labute approximate surface area is 109 Å². The molecular formula is C12H12ClN3O2. The van der Waals surface area contributed by atoms with Gasteiger partial charge in [0, 0.05) is 17.8 Å². The van der Waals surface area contributed by atoms with Crippen molar-refractivity contribution in [3.8, 4) is 5.69 Å². The number of nitrogens with zero attached hydrogens (tertiary/aromatic N) is 3. The molecule has 0 bridgehead atoms. The van der Waals surface area contributed by atoms with Gasteiger partial charge >= 0.3 is 0 Å². The van der Waals surface area contributed by atoms with Crippen LogP contribution in [-0.4, -0.2) is 14.7 Å². The number of hydrogen-bond acceptors (Lipinski definition) is 3. The van der Waals surface area contributed by atoms with Crippen LogP contribution in [0.15, 0.2) is 24.4 Å². The molecule has 2 rings (SSSR count). The molecule has 0 atom stereocenters. The summed E-state index contributed by atoms with van der Waals surface area (Å²) in [4.78, 5) is 10.5. The van der Waals surface area contributed by atoms with Crippen LogP contribution in [0.25, 0.3) is 5.69 Å². The lowest BCUT2D eigenvalue weighted by Gasteiger charge is -2.07. The van der Waals surface area contributed by atoms with Gasteiger partial charge in [0.25, 0.3) is 5.69 Å². The molecule has 0 saturated heterocycles. The summed E-state index contributed by atoms with van der Waals surface area (Å²) in [5, 5.41) is 15.1. The first-order valence-electron chi connectivity index (χ1n) is 5.39. The number of nitro groups is 1. The number of aryl methyl sites for hydroxylation is 2. The molecule has 0 fully saturated rings. The molecule has 0 aliphatic rings. The summed E-state index contributed by atoms with van der Waals surface area (Å²) in [6.45, 7) is 3.54. The normalized spacial score (nSPS) is 10.6. The van der Waals surface area contributed by atoms with Gasteiger partial charge in [-0.15, -0.1) is 11.6 Å². The molecule has 0 amide bonds. The molecular weight excluding hydrogens is 254 g/mol. The summed E-state index contributed by atoms with van der Waals surface area (Å²) in [5.41, 5.74) is 3.14. The summed E-state index contributed by atoms with van der Waals surface area (Å²) < 4.78 is 1.68. The molecule has 6 heteroatoms. The zero-order chi connectivity index (χ0) is 13.3. The smallest absolute Gasteiger partial charge is 0.258 e. The number of nitro benzene ring substituents is 1. The summed E-state index contributed by atoms with van der Waals surface area (Å²) in [5.74, 6) is 0.345. The monoisotopic (exact) mass is 265 g/mol. The van der Waals surface area contributed by atoms with Gasteiger partial charge in [0.15, 0.2) is 0 Å². The molecule has 1 aromatic carbocycles. The van der Waals surface area contributed by atoms with E-state index in [4.69, 9.17) is 11.6 Å². The fourth-order valence-electron chi connectivity index (χ4n) is 1.80. The quantitative estimate of drug-likeness (QED) is 0.487. The Morgan fingerprint density at radius 2 is 2.11 bits per heavy atom. The minimum absolute atomic E-state index is 0.126. The van der Waals surface area contributed by atoms with Gasteiger partial charge in [-0.2, -0.15) is 5.10 Å². The Hall–Kier alpha value is -1.88. The predicted octanol–water partition coefficient (Wildman–Crippen LogP) is 3.14. The lowest BCUT2D eigenvalue weighted by atomic mass is 10.1. The van der Waals surface area contributed by atoms with Gasteiger partial charge < -0.3 is 0 Å². The van der Waals surface area contributed by atoms with E-state index >= 15 is 0 Å². The van der Waals surface area contributed by atoms with Crippen molar-refractivity contribution >= 4 is 17.3 Å². The first kappa shape index (κ1) is 12.6. The van der Waals surface area contributed by atoms with Crippen molar-refractivity contribution in [2.24, 2.45) is 0 Å². The second-order valence-electron chi connectivity index (χ2n) is 4.07. The van der Waals surface area contributed by atoms with Crippen LogP contribution in [0.5, 0.6) is 0 Å². The van der Waals surface area contributed by atoms with Gasteiger partial charge in [-0.05, 0) is 31.5 Å². The summed E-state index contributed by atoms with van der Waals surface area (Å²) in [7, 11) is 0. The number of hydrogen-bond donors (Lipinski definition) is 0. The molecule has 94 valence electrons. The Balaban J connectivity index is 2.52. The number of alkyl halides is 1. The molecule has 18 heavy (non-hydrogen) atoms. The predicted molar refractivity (Wildman–Crippen MR) is 69.2 cm³/mol. The fourth-order valence-corrected chi connectivity index (χ4v) is 1.94. The van der Waals surface area contributed by atoms with Crippen LogP contribution in [-0.2, 0) is 5.88 Å². The SMILES string of the molecule is Cc1cc([N+](=O)[O-])c(C)cc1-n1ccc(CCl)n1. The second-order valence-corrected chi connectivity index (χ2v) is 4.33. The largest absolute Gasteiger partial charge is 0.272 e. The van der Waals surface area contributed by atoms with E-state index in [1.165, 1.54) is 0 Å². The molecule has 0 aliphatic heterocycles. The highest BCUT2D eigenvalue weighted by molar-refractivity contribution is 6.16. The molecule has 1 aromatic heterocycles. The number of aromatic nitrogens is 2. The Morgan fingerprint density at radius 3 is 2.67 bits per heavy atom. The van der Waals surface area contributed by atoms with E-state index in [-0.39, 0.29) is 10.6 Å². The topological polar surface area (TPSA) is 61.0 Å². The fraction of sp³-hybridized carbons (Fsp3) is 0.250. The molecule has 1 heterocycles. The highest BCUT2D eigenvalue weighted by Gasteiger charge is 2.14. The highest BCUT2D eigenvalue weighted by atomic mass is 35.5. The van der Waals surface area contributed by atoms with E-state index in [0.717, 1.165) is 16.9 Å². The number of rotatable bonds is 3. The third kappa shape index (κ3) is 2.22. The molecule has 2 aromatic rings. The summed E-state index contributed by atoms with van der Waals surface area (Å²) in [6.07, 6.45) is 1.80. The zero-order valence-electron chi connectivity index (χ0n) is 10.1. The first-order chi connectivity index (χ1) is 8.52. The van der Waals surface area contributed by atoms with Crippen molar-refractivity contribution in [2.45, 2.75) is 19.7 Å². The Kier molecular flexibility index (Phi) is 3.34. The van der Waals surface area contributed by atoms with Gasteiger partial charge in [-0.1, -0.05) is 0 Å². The molecule has 0 radical (unpaired) electrons. The third-order valence-electron chi connectivity index (χ3n) is 2.74. The van der Waals surface area contributed by atoms with Crippen LogP contribution in [0.4, 0.5) is 5.69 Å². The Bertz CT molecular complexity index is 607. The maximum Gasteiger partial charge on any atom is 0.272 e. The zero-order valence-corrected chi connectivity index (χ0v) is 10.8. The summed E-state index contributed by atoms with van der Waals surface area (Å²) >= 11 is 5.70. The van der Waals surface area contributed by atoms with Crippen molar-refractivity contribution < 1.29 is 4.92 Å². The molecule has 5 nitrogen and oxygen atoms in total. The Morgan fingerprint density at radius 1 is 1.39 bits per heavy atom. The van der Waals surface area contributed by atoms with E-state index in [0.29, 0.717) is 11.4 Å². The van der Waals surface area contributed by atoms with Crippen LogP contribution in [0.1, 0.15) is 16.8 Å². The maximum atomic E-state index is 10.8. The van der Waals surface area contributed by atoms with E-state index in [1.807, 2.05) is 13.0 Å². The minimum atomic E-state index is -0.376. The highest BCUT2D eigenvalue weighted by Crippen LogP contribution is 2.24. The van der Waals surface area contributed by atoms with Crippen LogP contribution in [0, 0.1) is 24.0 Å². The second kappa shape index (κ2) is 4.78. The number of halogens is 1. The average Bonchev–Trinajstić information content (AvgIpc) is 2.79. The van der Waals surface area contributed by atoms with Gasteiger partial charge in [0.2, 0.25) is 0 Å². The van der Waals surface area contributed by atoms with Crippen molar-refractivity contribution in [3.63, 3.8) is 0 Å². The van der Waals surface area contributed by atoms with Crippen LogP contribution >= 0.6 is 11.6 Å². The van der Waals surface area contributed by atoms with Crippen LogP contribution < -0.4 is 0 Å². The van der Waals surface area contributed by atoms with Gasteiger partial charge in [-0.25, -0.2) is 4.68 Å². The maximum absolute atomic E-state index is 10.8. The molecule has 0 unspecified atom stereocenters. The van der Waals surface area contributed by atoms with E-state index in [9.17, 15) is 10.1 Å². The molecule has 0 aliphatic carbocycles. The van der Waals surface area contributed by atoms with E-state index in [2.05, 4.69) is 5.10 Å².